The molecule has 1 N–H and O–H groups in total. The van der Waals surface area contributed by atoms with E-state index in [0.29, 0.717) is 5.69 Å². The van der Waals surface area contributed by atoms with Crippen molar-refractivity contribution in [2.24, 2.45) is 0 Å². The molecule has 2 atom stereocenters. The largest absolute Gasteiger partial charge is 0.316 e. The number of benzene rings is 2. The molecule has 1 saturated carbocycles. The molecule has 0 spiro atoms. The van der Waals surface area contributed by atoms with Crippen LogP contribution in [0.25, 0.3) is 0 Å². The van der Waals surface area contributed by atoms with Crippen LogP contribution in [0.4, 0.5) is 5.69 Å². The van der Waals surface area contributed by atoms with Gasteiger partial charge in [-0.15, -0.1) is 0 Å². The normalized spacial score (nSPS) is 19.8. The summed E-state index contributed by atoms with van der Waals surface area (Å²) in [5.41, 5.74) is 1.82. The van der Waals surface area contributed by atoms with Crippen LogP contribution in [-0.4, -0.2) is 27.4 Å². The highest BCUT2D eigenvalue weighted by atomic mass is 32.2. The predicted molar refractivity (Wildman–Crippen MR) is 93.4 cm³/mol. The Kier molecular flexibility index (Phi) is 4.43. The summed E-state index contributed by atoms with van der Waals surface area (Å²) < 4.78 is 27.7. The van der Waals surface area contributed by atoms with Crippen molar-refractivity contribution in [1.82, 2.24) is 4.72 Å². The maximum atomic E-state index is 12.5. The molecule has 5 nitrogen and oxygen atoms in total. The molecule has 126 valence electrons. The van der Waals surface area contributed by atoms with Gasteiger partial charge in [0.1, 0.15) is 0 Å². The molecule has 2 aromatic carbocycles. The van der Waals surface area contributed by atoms with Crippen LogP contribution in [0.5, 0.6) is 0 Å². The van der Waals surface area contributed by atoms with E-state index in [1.165, 1.54) is 24.0 Å². The summed E-state index contributed by atoms with van der Waals surface area (Å²) in [6.45, 7) is 1.46. The Morgan fingerprint density at radius 2 is 1.71 bits per heavy atom. The summed E-state index contributed by atoms with van der Waals surface area (Å²) in [6.07, 6.45) is 0.814. The van der Waals surface area contributed by atoms with E-state index in [9.17, 15) is 13.2 Å². The summed E-state index contributed by atoms with van der Waals surface area (Å²) in [7, 11) is -1.90. The molecule has 0 saturated heterocycles. The van der Waals surface area contributed by atoms with E-state index in [-0.39, 0.29) is 22.8 Å². The Labute approximate surface area is 142 Å². The van der Waals surface area contributed by atoms with Gasteiger partial charge in [-0.1, -0.05) is 30.3 Å². The van der Waals surface area contributed by atoms with Crippen molar-refractivity contribution in [1.29, 1.82) is 0 Å². The zero-order valence-corrected chi connectivity index (χ0v) is 14.5. The first-order valence-electron chi connectivity index (χ1n) is 7.80. The Morgan fingerprint density at radius 1 is 1.08 bits per heavy atom. The number of hydrogen-bond acceptors (Lipinski definition) is 3. The van der Waals surface area contributed by atoms with Gasteiger partial charge in [0.2, 0.25) is 15.9 Å². The van der Waals surface area contributed by atoms with Crippen LogP contribution in [0, 0.1) is 0 Å². The standard InChI is InChI=1S/C18H20N2O3S/c1-13(21)20(2)15-8-10-16(11-9-15)24(22,23)19-18-12-17(18)14-6-4-3-5-7-14/h3-11,17-19H,12H2,1-2H3. The highest BCUT2D eigenvalue weighted by Crippen LogP contribution is 2.41. The van der Waals surface area contributed by atoms with Gasteiger partial charge in [-0.3, -0.25) is 4.79 Å². The predicted octanol–water partition coefficient (Wildman–Crippen LogP) is 2.50. The van der Waals surface area contributed by atoms with Gasteiger partial charge in [-0.2, -0.15) is 0 Å². The van der Waals surface area contributed by atoms with Gasteiger partial charge in [0, 0.05) is 31.6 Å². The fourth-order valence-electron chi connectivity index (χ4n) is 2.69. The molecule has 6 heteroatoms. The van der Waals surface area contributed by atoms with Crippen molar-refractivity contribution in [2.45, 2.75) is 30.2 Å². The molecule has 0 aromatic heterocycles. The van der Waals surface area contributed by atoms with E-state index in [4.69, 9.17) is 0 Å². The zero-order valence-electron chi connectivity index (χ0n) is 13.6. The van der Waals surface area contributed by atoms with Crippen molar-refractivity contribution in [3.63, 3.8) is 0 Å². The summed E-state index contributed by atoms with van der Waals surface area (Å²) in [5.74, 6) is 0.136. The van der Waals surface area contributed by atoms with E-state index >= 15 is 0 Å². The average Bonchev–Trinajstić information content (AvgIpc) is 3.33. The van der Waals surface area contributed by atoms with Crippen molar-refractivity contribution < 1.29 is 13.2 Å². The molecule has 1 fully saturated rings. The lowest BCUT2D eigenvalue weighted by atomic mass is 10.1. The van der Waals surface area contributed by atoms with Crippen molar-refractivity contribution in [3.05, 3.63) is 60.2 Å². The van der Waals surface area contributed by atoms with E-state index < -0.39 is 10.0 Å². The minimum absolute atomic E-state index is 0.0584. The van der Waals surface area contributed by atoms with E-state index in [2.05, 4.69) is 4.72 Å². The second-order valence-corrected chi connectivity index (χ2v) is 7.77. The van der Waals surface area contributed by atoms with Gasteiger partial charge in [-0.05, 0) is 36.2 Å². The second kappa shape index (κ2) is 6.37. The number of nitrogens with zero attached hydrogens (tertiary/aromatic N) is 1. The molecule has 2 aromatic rings. The number of hydrogen-bond donors (Lipinski definition) is 1. The fraction of sp³-hybridized carbons (Fsp3) is 0.278. The first-order valence-corrected chi connectivity index (χ1v) is 9.28. The SMILES string of the molecule is CC(=O)N(C)c1ccc(S(=O)(=O)NC2CC2c2ccccc2)cc1. The lowest BCUT2D eigenvalue weighted by Crippen LogP contribution is -2.27. The monoisotopic (exact) mass is 344 g/mol. The van der Waals surface area contributed by atoms with Crippen LogP contribution < -0.4 is 9.62 Å². The minimum atomic E-state index is -3.55. The van der Waals surface area contributed by atoms with Crippen LogP contribution in [0.1, 0.15) is 24.8 Å². The van der Waals surface area contributed by atoms with Gasteiger partial charge in [0.15, 0.2) is 0 Å². The zero-order chi connectivity index (χ0) is 17.3. The summed E-state index contributed by atoms with van der Waals surface area (Å²) in [6, 6.07) is 16.2. The summed E-state index contributed by atoms with van der Waals surface area (Å²) in [5, 5.41) is 0. The number of carbonyl (C=O) groups is 1. The maximum absolute atomic E-state index is 12.5. The number of carbonyl (C=O) groups excluding carboxylic acids is 1. The summed E-state index contributed by atoms with van der Waals surface area (Å²) in [4.78, 5) is 13.0. The van der Waals surface area contributed by atoms with E-state index in [1.807, 2.05) is 30.3 Å². The third-order valence-corrected chi connectivity index (χ3v) is 5.84. The number of rotatable bonds is 5. The van der Waals surface area contributed by atoms with Gasteiger partial charge >= 0.3 is 0 Å². The molecule has 1 aliphatic carbocycles. The Hall–Kier alpha value is -2.18. The summed E-state index contributed by atoms with van der Waals surface area (Å²) >= 11 is 0. The van der Waals surface area contributed by atoms with Crippen molar-refractivity contribution >= 4 is 21.6 Å². The van der Waals surface area contributed by atoms with E-state index in [1.54, 1.807) is 19.2 Å². The molecule has 24 heavy (non-hydrogen) atoms. The third-order valence-electron chi connectivity index (χ3n) is 4.33. The topological polar surface area (TPSA) is 66.5 Å². The molecule has 2 unspecified atom stereocenters. The van der Waals surface area contributed by atoms with Crippen LogP contribution in [0.3, 0.4) is 0 Å². The van der Waals surface area contributed by atoms with Crippen molar-refractivity contribution in [3.8, 4) is 0 Å². The average molecular weight is 344 g/mol. The molecular formula is C18H20N2O3S. The van der Waals surface area contributed by atoms with Crippen LogP contribution in [0.2, 0.25) is 0 Å². The smallest absolute Gasteiger partial charge is 0.240 e. The number of sulfonamides is 1. The number of nitrogens with one attached hydrogen (secondary N) is 1. The number of amides is 1. The minimum Gasteiger partial charge on any atom is -0.316 e. The maximum Gasteiger partial charge on any atom is 0.240 e. The molecule has 1 aliphatic rings. The fourth-order valence-corrected chi connectivity index (χ4v) is 3.98. The van der Waals surface area contributed by atoms with Crippen molar-refractivity contribution in [2.75, 3.05) is 11.9 Å². The lowest BCUT2D eigenvalue weighted by Gasteiger charge is -2.15. The second-order valence-electron chi connectivity index (χ2n) is 6.05. The van der Waals surface area contributed by atoms with Gasteiger partial charge in [0.25, 0.3) is 0 Å². The Balaban J connectivity index is 1.69. The van der Waals surface area contributed by atoms with Gasteiger partial charge in [0.05, 0.1) is 4.90 Å². The van der Waals surface area contributed by atoms with Crippen LogP contribution in [-0.2, 0) is 14.8 Å². The van der Waals surface area contributed by atoms with Gasteiger partial charge < -0.3 is 4.90 Å². The van der Waals surface area contributed by atoms with E-state index in [0.717, 1.165) is 12.0 Å². The van der Waals surface area contributed by atoms with Gasteiger partial charge in [-0.25, -0.2) is 13.1 Å². The molecule has 1 amide bonds. The Bertz CT molecular complexity index is 832. The first kappa shape index (κ1) is 16.7. The first-order chi connectivity index (χ1) is 11.4. The molecule has 0 radical (unpaired) electrons. The quantitative estimate of drug-likeness (QED) is 0.906. The molecular weight excluding hydrogens is 324 g/mol. The highest BCUT2D eigenvalue weighted by Gasteiger charge is 2.41. The molecule has 0 aliphatic heterocycles. The molecule has 3 rings (SSSR count). The Morgan fingerprint density at radius 3 is 2.29 bits per heavy atom. The van der Waals surface area contributed by atoms with Crippen LogP contribution in [0.15, 0.2) is 59.5 Å². The molecule has 0 heterocycles. The third kappa shape index (κ3) is 3.49. The molecule has 0 bridgehead atoms. The number of anilines is 1. The lowest BCUT2D eigenvalue weighted by molar-refractivity contribution is -0.116. The van der Waals surface area contributed by atoms with Crippen LogP contribution >= 0.6 is 0 Å². The highest BCUT2D eigenvalue weighted by molar-refractivity contribution is 7.89.